The third kappa shape index (κ3) is 2.95. The summed E-state index contributed by atoms with van der Waals surface area (Å²) in [5.74, 6) is 1.96. The molecule has 2 aromatic heterocycles. The van der Waals surface area contributed by atoms with Gasteiger partial charge in [-0.3, -0.25) is 0 Å². The van der Waals surface area contributed by atoms with Crippen LogP contribution in [0.25, 0.3) is 11.6 Å². The molecule has 0 saturated carbocycles. The van der Waals surface area contributed by atoms with Crippen molar-refractivity contribution in [3.05, 3.63) is 48.2 Å². The van der Waals surface area contributed by atoms with Crippen LogP contribution in [0.1, 0.15) is 5.56 Å². The smallest absolute Gasteiger partial charge is 0.221 e. The lowest BCUT2D eigenvalue weighted by molar-refractivity contribution is 0.576. The van der Waals surface area contributed by atoms with Crippen molar-refractivity contribution in [1.29, 1.82) is 0 Å². The molecule has 1 N–H and O–H groups in total. The predicted octanol–water partition coefficient (Wildman–Crippen LogP) is 2.75. The highest BCUT2D eigenvalue weighted by Gasteiger charge is 2.10. The number of furan rings is 1. The predicted molar refractivity (Wildman–Crippen MR) is 86.8 cm³/mol. The minimum Gasteiger partial charge on any atom is -0.461 e. The van der Waals surface area contributed by atoms with Crippen LogP contribution < -0.4 is 10.2 Å². The number of rotatable bonds is 5. The number of nitrogens with one attached hydrogen (secondary N) is 1. The maximum atomic E-state index is 5.32. The van der Waals surface area contributed by atoms with E-state index in [1.54, 1.807) is 10.9 Å². The molecule has 6 nitrogen and oxygen atoms in total. The van der Waals surface area contributed by atoms with Crippen molar-refractivity contribution >= 4 is 11.6 Å². The molecular weight excluding hydrogens is 278 g/mol. The van der Waals surface area contributed by atoms with Gasteiger partial charge in [-0.25, -0.2) is 4.68 Å². The quantitative estimate of drug-likeness (QED) is 0.784. The van der Waals surface area contributed by atoms with Crippen LogP contribution >= 0.6 is 0 Å². The Balaban J connectivity index is 1.69. The summed E-state index contributed by atoms with van der Waals surface area (Å²) in [6.45, 7) is 0.692. The molecule has 2 heterocycles. The van der Waals surface area contributed by atoms with Gasteiger partial charge < -0.3 is 14.6 Å². The topological polar surface area (TPSA) is 59.1 Å². The van der Waals surface area contributed by atoms with Crippen LogP contribution in [-0.4, -0.2) is 28.9 Å². The van der Waals surface area contributed by atoms with Gasteiger partial charge in [-0.05, 0) is 29.8 Å². The van der Waals surface area contributed by atoms with Crippen LogP contribution in [0.5, 0.6) is 0 Å². The number of aromatic nitrogens is 3. The first-order chi connectivity index (χ1) is 10.6. The van der Waals surface area contributed by atoms with Gasteiger partial charge in [-0.15, -0.1) is 5.10 Å². The lowest BCUT2D eigenvalue weighted by Crippen LogP contribution is -2.09. The average Bonchev–Trinajstić information content (AvgIpc) is 3.15. The average molecular weight is 297 g/mol. The fourth-order valence-corrected chi connectivity index (χ4v) is 2.14. The number of nitrogens with zero attached hydrogens (tertiary/aromatic N) is 4. The lowest BCUT2D eigenvalue weighted by Gasteiger charge is -2.12. The molecule has 3 aromatic rings. The minimum atomic E-state index is 0.581. The van der Waals surface area contributed by atoms with Crippen LogP contribution in [0.2, 0.25) is 0 Å². The lowest BCUT2D eigenvalue weighted by atomic mass is 10.2. The summed E-state index contributed by atoms with van der Waals surface area (Å²) in [5.41, 5.74) is 2.37. The van der Waals surface area contributed by atoms with E-state index in [4.69, 9.17) is 4.42 Å². The van der Waals surface area contributed by atoms with E-state index in [2.05, 4.69) is 44.6 Å². The summed E-state index contributed by atoms with van der Waals surface area (Å²) in [5, 5.41) is 7.64. The molecule has 0 aliphatic carbocycles. The molecule has 3 rings (SSSR count). The Morgan fingerprint density at radius 2 is 1.95 bits per heavy atom. The number of hydrogen-bond acceptors (Lipinski definition) is 5. The zero-order valence-electron chi connectivity index (χ0n) is 12.9. The van der Waals surface area contributed by atoms with Crippen molar-refractivity contribution in [3.63, 3.8) is 0 Å². The third-order valence-corrected chi connectivity index (χ3v) is 3.41. The molecule has 0 radical (unpaired) electrons. The Morgan fingerprint density at radius 3 is 2.59 bits per heavy atom. The molecule has 0 fully saturated rings. The first-order valence-corrected chi connectivity index (χ1v) is 7.08. The van der Waals surface area contributed by atoms with Crippen LogP contribution in [0.15, 0.2) is 47.1 Å². The Hall–Kier alpha value is -2.76. The molecule has 1 aromatic carbocycles. The van der Waals surface area contributed by atoms with E-state index in [-0.39, 0.29) is 0 Å². The maximum Gasteiger partial charge on any atom is 0.221 e. The first-order valence-electron chi connectivity index (χ1n) is 7.08. The Morgan fingerprint density at radius 1 is 1.18 bits per heavy atom. The normalized spacial score (nSPS) is 10.7. The Kier molecular flexibility index (Phi) is 3.82. The van der Waals surface area contributed by atoms with Gasteiger partial charge in [-0.2, -0.15) is 4.98 Å². The van der Waals surface area contributed by atoms with E-state index in [0.717, 1.165) is 0 Å². The van der Waals surface area contributed by atoms with E-state index < -0.39 is 0 Å². The number of anilines is 2. The van der Waals surface area contributed by atoms with Gasteiger partial charge in [0.15, 0.2) is 5.76 Å². The highest BCUT2D eigenvalue weighted by Crippen LogP contribution is 2.18. The minimum absolute atomic E-state index is 0.581. The molecule has 0 spiro atoms. The molecular formula is C16H19N5O. The summed E-state index contributed by atoms with van der Waals surface area (Å²) in [6, 6.07) is 12.1. The maximum absolute atomic E-state index is 5.32. The molecule has 22 heavy (non-hydrogen) atoms. The molecule has 0 saturated heterocycles. The summed E-state index contributed by atoms with van der Waals surface area (Å²) >= 11 is 0. The van der Waals surface area contributed by atoms with Crippen LogP contribution in [0, 0.1) is 0 Å². The van der Waals surface area contributed by atoms with E-state index in [1.165, 1.54) is 11.3 Å². The zero-order valence-corrected chi connectivity index (χ0v) is 12.9. The summed E-state index contributed by atoms with van der Waals surface area (Å²) < 4.78 is 7.03. The van der Waals surface area contributed by atoms with Gasteiger partial charge in [-0.1, -0.05) is 12.1 Å². The van der Waals surface area contributed by atoms with Gasteiger partial charge in [0.05, 0.1) is 6.26 Å². The second-order valence-corrected chi connectivity index (χ2v) is 5.27. The third-order valence-electron chi connectivity index (χ3n) is 3.41. The highest BCUT2D eigenvalue weighted by molar-refractivity contribution is 5.49. The molecule has 6 heteroatoms. The Labute approximate surface area is 129 Å². The first kappa shape index (κ1) is 14.2. The van der Waals surface area contributed by atoms with Gasteiger partial charge in [0.2, 0.25) is 11.8 Å². The van der Waals surface area contributed by atoms with Crippen LogP contribution in [-0.2, 0) is 13.6 Å². The molecule has 0 unspecified atom stereocenters. The van der Waals surface area contributed by atoms with Crippen molar-refractivity contribution in [1.82, 2.24) is 14.8 Å². The molecule has 114 valence electrons. The Bertz CT molecular complexity index is 728. The molecule has 0 aliphatic rings. The number of benzene rings is 1. The van der Waals surface area contributed by atoms with Crippen molar-refractivity contribution in [2.75, 3.05) is 24.3 Å². The molecule has 0 aliphatic heterocycles. The van der Waals surface area contributed by atoms with Gasteiger partial charge in [0, 0.05) is 33.4 Å². The van der Waals surface area contributed by atoms with Gasteiger partial charge in [0.1, 0.15) is 0 Å². The van der Waals surface area contributed by atoms with Crippen LogP contribution in [0.4, 0.5) is 11.6 Å². The van der Waals surface area contributed by atoms with E-state index in [0.29, 0.717) is 24.1 Å². The summed E-state index contributed by atoms with van der Waals surface area (Å²) in [4.78, 5) is 6.53. The van der Waals surface area contributed by atoms with Crippen molar-refractivity contribution in [2.24, 2.45) is 7.05 Å². The zero-order chi connectivity index (χ0) is 15.5. The van der Waals surface area contributed by atoms with Gasteiger partial charge in [0.25, 0.3) is 0 Å². The standard InChI is InChI=1S/C16H19N5O/c1-20(2)13-8-6-12(7-9-13)11-17-16-18-15(19-21(16)3)14-5-4-10-22-14/h4-10H,11H2,1-3H3,(H,17,18,19). The largest absolute Gasteiger partial charge is 0.461 e. The van der Waals surface area contributed by atoms with E-state index >= 15 is 0 Å². The second-order valence-electron chi connectivity index (χ2n) is 5.27. The van der Waals surface area contributed by atoms with Crippen molar-refractivity contribution < 1.29 is 4.42 Å². The van der Waals surface area contributed by atoms with Gasteiger partial charge >= 0.3 is 0 Å². The highest BCUT2D eigenvalue weighted by atomic mass is 16.3. The summed E-state index contributed by atoms with van der Waals surface area (Å²) in [7, 11) is 5.92. The van der Waals surface area contributed by atoms with E-state index in [9.17, 15) is 0 Å². The molecule has 0 bridgehead atoms. The SMILES string of the molecule is CN(C)c1ccc(CNc2nc(-c3ccco3)nn2C)cc1. The summed E-state index contributed by atoms with van der Waals surface area (Å²) in [6.07, 6.45) is 1.62. The van der Waals surface area contributed by atoms with Crippen molar-refractivity contribution in [3.8, 4) is 11.6 Å². The molecule has 0 amide bonds. The molecule has 0 atom stereocenters. The van der Waals surface area contributed by atoms with E-state index in [1.807, 2.05) is 33.3 Å². The monoisotopic (exact) mass is 297 g/mol. The fourth-order valence-electron chi connectivity index (χ4n) is 2.14. The second kappa shape index (κ2) is 5.93. The fraction of sp³-hybridized carbons (Fsp3) is 0.250. The van der Waals surface area contributed by atoms with Crippen LogP contribution in [0.3, 0.4) is 0 Å². The number of hydrogen-bond donors (Lipinski definition) is 1. The number of aryl methyl sites for hydroxylation is 1. The van der Waals surface area contributed by atoms with Crippen molar-refractivity contribution in [2.45, 2.75) is 6.54 Å².